The number of aromatic carboxylic acids is 1. The number of aromatic nitrogens is 2. The molecular formula is C28H23ClFN3O5S. The highest BCUT2D eigenvalue weighted by Crippen LogP contribution is 2.46. The summed E-state index contributed by atoms with van der Waals surface area (Å²) in [6.07, 6.45) is 4.63. The van der Waals surface area contributed by atoms with Gasteiger partial charge in [-0.1, -0.05) is 46.3 Å². The van der Waals surface area contributed by atoms with Crippen molar-refractivity contribution in [1.29, 1.82) is 0 Å². The standard InChI is InChI=1S/C28H23ClFN3O5S/c29-19-4-2-1-3-18(19)23-22(25(38-32-23)13-5-6-13)27(36)37-17-11-15-7-8-16(12-17)33(15)28-31-24-20(30)9-14(26(34)35)10-21(24)39-28/h1-4,9-10,13,15-17H,5-8,11-12H2,(H,34,35)/t15-,16+,17?. The Kier molecular flexibility index (Phi) is 5.85. The Hall–Kier alpha value is -3.50. The molecule has 0 spiro atoms. The number of halogens is 2. The van der Waals surface area contributed by atoms with E-state index in [1.54, 1.807) is 6.07 Å². The van der Waals surface area contributed by atoms with Crippen LogP contribution in [-0.2, 0) is 4.74 Å². The maximum absolute atomic E-state index is 14.6. The van der Waals surface area contributed by atoms with Crippen molar-refractivity contribution in [1.82, 2.24) is 10.1 Å². The van der Waals surface area contributed by atoms with Gasteiger partial charge in [0.05, 0.1) is 15.3 Å². The van der Waals surface area contributed by atoms with Crippen molar-refractivity contribution in [2.75, 3.05) is 4.90 Å². The summed E-state index contributed by atoms with van der Waals surface area (Å²) in [4.78, 5) is 31.7. The number of piperidine rings is 1. The summed E-state index contributed by atoms with van der Waals surface area (Å²) >= 11 is 7.71. The predicted molar refractivity (Wildman–Crippen MR) is 143 cm³/mol. The zero-order chi connectivity index (χ0) is 26.8. The van der Waals surface area contributed by atoms with Crippen LogP contribution in [0.2, 0.25) is 5.02 Å². The van der Waals surface area contributed by atoms with Crippen LogP contribution >= 0.6 is 22.9 Å². The monoisotopic (exact) mass is 567 g/mol. The fourth-order valence-corrected chi connectivity index (χ4v) is 7.31. The lowest BCUT2D eigenvalue weighted by molar-refractivity contribution is 0.0202. The van der Waals surface area contributed by atoms with E-state index >= 15 is 0 Å². The van der Waals surface area contributed by atoms with Crippen LogP contribution in [-0.4, -0.2) is 45.4 Å². The molecule has 3 aliphatic rings. The minimum absolute atomic E-state index is 0.0810. The fraction of sp³-hybridized carbons (Fsp3) is 0.357. The molecule has 1 saturated carbocycles. The smallest absolute Gasteiger partial charge is 0.344 e. The van der Waals surface area contributed by atoms with E-state index in [9.17, 15) is 19.1 Å². The van der Waals surface area contributed by atoms with E-state index in [4.69, 9.17) is 20.9 Å². The number of carbonyl (C=O) groups excluding carboxylic acids is 1. The molecule has 3 atom stereocenters. The molecule has 7 rings (SSSR count). The van der Waals surface area contributed by atoms with Gasteiger partial charge in [0, 0.05) is 36.4 Å². The quantitative estimate of drug-likeness (QED) is 0.257. The van der Waals surface area contributed by atoms with Crippen LogP contribution in [0.3, 0.4) is 0 Å². The number of fused-ring (bicyclic) bond motifs is 3. The lowest BCUT2D eigenvalue weighted by Crippen LogP contribution is -2.46. The number of carboxylic acids is 1. The highest BCUT2D eigenvalue weighted by molar-refractivity contribution is 7.22. The molecule has 2 saturated heterocycles. The first kappa shape index (κ1) is 24.5. The summed E-state index contributed by atoms with van der Waals surface area (Å²) in [6, 6.07) is 9.85. The number of hydrogen-bond donors (Lipinski definition) is 1. The minimum Gasteiger partial charge on any atom is -0.478 e. The second-order valence-corrected chi connectivity index (χ2v) is 11.8. The number of carbonyl (C=O) groups is 2. The molecule has 2 aromatic heterocycles. The summed E-state index contributed by atoms with van der Waals surface area (Å²) in [5.41, 5.74) is 1.48. The van der Waals surface area contributed by atoms with E-state index < -0.39 is 17.8 Å². The van der Waals surface area contributed by atoms with Crippen molar-refractivity contribution in [3.8, 4) is 11.3 Å². The van der Waals surface area contributed by atoms with Gasteiger partial charge in [-0.15, -0.1) is 0 Å². The molecule has 11 heteroatoms. The van der Waals surface area contributed by atoms with E-state index in [2.05, 4.69) is 15.0 Å². The molecule has 4 heterocycles. The molecule has 4 aromatic rings. The van der Waals surface area contributed by atoms with Crippen molar-refractivity contribution in [2.45, 2.75) is 62.6 Å². The molecule has 0 amide bonds. The first-order valence-electron chi connectivity index (χ1n) is 12.9. The van der Waals surface area contributed by atoms with Crippen LogP contribution in [0.15, 0.2) is 40.9 Å². The molecule has 3 fully saturated rings. The summed E-state index contributed by atoms with van der Waals surface area (Å²) in [7, 11) is 0. The van der Waals surface area contributed by atoms with E-state index in [0.29, 0.717) is 50.3 Å². The van der Waals surface area contributed by atoms with Gasteiger partial charge in [-0.05, 0) is 43.9 Å². The number of thiazole rings is 1. The van der Waals surface area contributed by atoms with Crippen molar-refractivity contribution in [3.63, 3.8) is 0 Å². The zero-order valence-corrected chi connectivity index (χ0v) is 22.2. The van der Waals surface area contributed by atoms with Gasteiger partial charge in [-0.2, -0.15) is 0 Å². The Bertz CT molecular complexity index is 1620. The number of anilines is 1. The number of ether oxygens (including phenoxy) is 1. The highest BCUT2D eigenvalue weighted by atomic mass is 35.5. The third kappa shape index (κ3) is 4.26. The van der Waals surface area contributed by atoms with Crippen molar-refractivity contribution < 1.29 is 28.3 Å². The molecule has 1 N–H and O–H groups in total. The van der Waals surface area contributed by atoms with Crippen molar-refractivity contribution >= 4 is 50.2 Å². The predicted octanol–water partition coefficient (Wildman–Crippen LogP) is 6.68. The molecule has 2 bridgehead atoms. The summed E-state index contributed by atoms with van der Waals surface area (Å²) < 4.78 is 26.8. The molecule has 1 aliphatic carbocycles. The molecule has 0 radical (unpaired) electrons. The van der Waals surface area contributed by atoms with Gasteiger partial charge < -0.3 is 19.3 Å². The lowest BCUT2D eigenvalue weighted by Gasteiger charge is -2.38. The maximum atomic E-state index is 14.6. The normalized spacial score (nSPS) is 22.4. The van der Waals surface area contributed by atoms with Crippen molar-refractivity contribution in [2.24, 2.45) is 0 Å². The topological polar surface area (TPSA) is 106 Å². The van der Waals surface area contributed by atoms with E-state index in [-0.39, 0.29) is 35.2 Å². The molecule has 39 heavy (non-hydrogen) atoms. The summed E-state index contributed by atoms with van der Waals surface area (Å²) in [6.45, 7) is 0. The number of rotatable bonds is 6. The first-order valence-corrected chi connectivity index (χ1v) is 14.1. The van der Waals surface area contributed by atoms with Gasteiger partial charge in [0.2, 0.25) is 0 Å². The second-order valence-electron chi connectivity index (χ2n) is 10.4. The Balaban J connectivity index is 1.13. The SMILES string of the molecule is O=C(O)c1cc(F)c2nc(N3[C@@H]4CC[C@H]3CC(OC(=O)c3c(-c5ccccc5Cl)noc3C3CC3)C4)sc2c1. The molecule has 2 aliphatic heterocycles. The Morgan fingerprint density at radius 2 is 1.87 bits per heavy atom. The van der Waals surface area contributed by atoms with Crippen LogP contribution in [0.25, 0.3) is 21.5 Å². The average Bonchev–Trinajstić information content (AvgIpc) is 3.40. The van der Waals surface area contributed by atoms with Gasteiger partial charge >= 0.3 is 11.9 Å². The number of esters is 1. The van der Waals surface area contributed by atoms with Crippen LogP contribution in [0.5, 0.6) is 0 Å². The van der Waals surface area contributed by atoms with E-state index in [1.807, 2.05) is 18.2 Å². The van der Waals surface area contributed by atoms with Gasteiger partial charge in [-0.3, -0.25) is 0 Å². The Morgan fingerprint density at radius 3 is 2.56 bits per heavy atom. The van der Waals surface area contributed by atoms with Crippen LogP contribution in [0, 0.1) is 5.82 Å². The highest BCUT2D eigenvalue weighted by Gasteiger charge is 2.44. The van der Waals surface area contributed by atoms with Gasteiger partial charge in [0.15, 0.2) is 16.7 Å². The lowest BCUT2D eigenvalue weighted by atomic mass is 9.99. The maximum Gasteiger partial charge on any atom is 0.344 e. The third-order valence-corrected chi connectivity index (χ3v) is 9.21. The second kappa shape index (κ2) is 9.31. The molecule has 200 valence electrons. The van der Waals surface area contributed by atoms with Gasteiger partial charge in [-0.25, -0.2) is 19.0 Å². The third-order valence-electron chi connectivity index (χ3n) is 7.87. The first-order chi connectivity index (χ1) is 18.9. The largest absolute Gasteiger partial charge is 0.478 e. The number of hydrogen-bond acceptors (Lipinski definition) is 8. The fourth-order valence-electron chi connectivity index (χ4n) is 5.92. The molecule has 2 aromatic carbocycles. The Labute approximate surface area is 231 Å². The molecule has 8 nitrogen and oxygen atoms in total. The molecular weight excluding hydrogens is 545 g/mol. The van der Waals surface area contributed by atoms with E-state index in [0.717, 1.165) is 31.7 Å². The summed E-state index contributed by atoms with van der Waals surface area (Å²) in [5.74, 6) is -1.54. The van der Waals surface area contributed by atoms with Gasteiger partial charge in [0.25, 0.3) is 0 Å². The zero-order valence-electron chi connectivity index (χ0n) is 20.6. The number of carboxylic acid groups (broad SMARTS) is 1. The minimum atomic E-state index is -1.18. The number of benzene rings is 2. The van der Waals surface area contributed by atoms with E-state index in [1.165, 1.54) is 17.4 Å². The summed E-state index contributed by atoms with van der Waals surface area (Å²) in [5, 5.41) is 14.7. The van der Waals surface area contributed by atoms with Crippen molar-refractivity contribution in [3.05, 3.63) is 64.1 Å². The number of nitrogens with zero attached hydrogens (tertiary/aromatic N) is 3. The van der Waals surface area contributed by atoms with Gasteiger partial charge in [0.1, 0.15) is 22.9 Å². The van der Waals surface area contributed by atoms with Crippen LogP contribution < -0.4 is 4.90 Å². The van der Waals surface area contributed by atoms with Crippen LogP contribution in [0.4, 0.5) is 9.52 Å². The molecule has 1 unspecified atom stereocenters. The Morgan fingerprint density at radius 1 is 1.13 bits per heavy atom. The van der Waals surface area contributed by atoms with Crippen LogP contribution in [0.1, 0.15) is 70.9 Å². The average molecular weight is 568 g/mol.